The van der Waals surface area contributed by atoms with Gasteiger partial charge in [-0.15, -0.1) is 0 Å². The highest BCUT2D eigenvalue weighted by Gasteiger charge is 2.25. The minimum atomic E-state index is -0.552. The number of rotatable bonds is 4. The number of β-amino-alcohol motifs (C(OH)–C–C–N with tert-alkyl or cyclic N) is 1. The number of nitrogens with zero attached hydrogens (tertiary/aromatic N) is 2. The second-order valence-electron chi connectivity index (χ2n) is 6.95. The predicted octanol–water partition coefficient (Wildman–Crippen LogP) is 2.93. The van der Waals surface area contributed by atoms with Gasteiger partial charge in [-0.05, 0) is 37.1 Å². The Morgan fingerprint density at radius 2 is 1.81 bits per heavy atom. The number of hydrogen-bond donors (Lipinski definition) is 1. The van der Waals surface area contributed by atoms with Crippen molar-refractivity contribution in [3.63, 3.8) is 0 Å². The highest BCUT2D eigenvalue weighted by atomic mass is 19.1. The Morgan fingerprint density at radius 1 is 1.12 bits per heavy atom. The van der Waals surface area contributed by atoms with Gasteiger partial charge < -0.3 is 10.0 Å². The van der Waals surface area contributed by atoms with Crippen molar-refractivity contribution in [1.82, 2.24) is 9.80 Å². The predicted molar refractivity (Wildman–Crippen MR) is 99.6 cm³/mol. The first-order chi connectivity index (χ1) is 12.5. The van der Waals surface area contributed by atoms with Crippen LogP contribution in [-0.4, -0.2) is 53.5 Å². The number of carbonyl (C=O) groups is 1. The van der Waals surface area contributed by atoms with Crippen LogP contribution in [0.2, 0.25) is 0 Å². The molecule has 2 aromatic carbocycles. The van der Waals surface area contributed by atoms with Gasteiger partial charge in [-0.2, -0.15) is 0 Å². The molecule has 1 aliphatic rings. The Morgan fingerprint density at radius 3 is 2.50 bits per heavy atom. The summed E-state index contributed by atoms with van der Waals surface area (Å²) in [5.74, 6) is -0.747. The van der Waals surface area contributed by atoms with Crippen molar-refractivity contribution in [2.75, 3.05) is 32.7 Å². The Hall–Kier alpha value is -2.24. The Kier molecular flexibility index (Phi) is 5.69. The van der Waals surface area contributed by atoms with Gasteiger partial charge in [0.25, 0.3) is 5.91 Å². The van der Waals surface area contributed by atoms with E-state index in [-0.39, 0.29) is 11.5 Å². The number of aliphatic hydroxyl groups is 1. The summed E-state index contributed by atoms with van der Waals surface area (Å²) in [6.45, 7) is 6.96. The lowest BCUT2D eigenvalue weighted by atomic mass is 10.0. The molecule has 4 nitrogen and oxygen atoms in total. The Balaban J connectivity index is 1.58. The maximum atomic E-state index is 13.8. The highest BCUT2D eigenvalue weighted by Crippen LogP contribution is 2.21. The van der Waals surface area contributed by atoms with Crippen molar-refractivity contribution in [1.29, 1.82) is 0 Å². The van der Waals surface area contributed by atoms with Crippen molar-refractivity contribution in [3.05, 3.63) is 70.5 Å². The van der Waals surface area contributed by atoms with Crippen LogP contribution in [0, 0.1) is 19.7 Å². The average Bonchev–Trinajstić information content (AvgIpc) is 2.64. The normalized spacial score (nSPS) is 16.5. The summed E-state index contributed by atoms with van der Waals surface area (Å²) in [7, 11) is 0. The molecule has 3 rings (SSSR count). The zero-order chi connectivity index (χ0) is 18.7. The van der Waals surface area contributed by atoms with E-state index in [1.807, 2.05) is 32.0 Å². The third-order valence-electron chi connectivity index (χ3n) is 4.99. The summed E-state index contributed by atoms with van der Waals surface area (Å²) in [5.41, 5.74) is 3.28. The van der Waals surface area contributed by atoms with Gasteiger partial charge in [-0.3, -0.25) is 9.69 Å². The van der Waals surface area contributed by atoms with Crippen molar-refractivity contribution >= 4 is 5.91 Å². The summed E-state index contributed by atoms with van der Waals surface area (Å²) in [6, 6.07) is 12.2. The number of hydrogen-bond acceptors (Lipinski definition) is 3. The zero-order valence-corrected chi connectivity index (χ0v) is 15.3. The van der Waals surface area contributed by atoms with Crippen LogP contribution >= 0.6 is 0 Å². The summed E-state index contributed by atoms with van der Waals surface area (Å²) in [6.07, 6.45) is -0.552. The Bertz CT molecular complexity index is 785. The van der Waals surface area contributed by atoms with Crippen LogP contribution in [0.5, 0.6) is 0 Å². The van der Waals surface area contributed by atoms with Gasteiger partial charge >= 0.3 is 0 Å². The molecule has 0 unspecified atom stereocenters. The first-order valence-corrected chi connectivity index (χ1v) is 8.97. The molecule has 0 radical (unpaired) electrons. The van der Waals surface area contributed by atoms with Gasteiger partial charge in [0.15, 0.2) is 0 Å². The first-order valence-electron chi connectivity index (χ1n) is 8.97. The van der Waals surface area contributed by atoms with E-state index in [0.717, 1.165) is 16.7 Å². The van der Waals surface area contributed by atoms with Gasteiger partial charge in [0, 0.05) is 32.7 Å². The van der Waals surface area contributed by atoms with E-state index in [2.05, 4.69) is 4.90 Å². The monoisotopic (exact) mass is 356 g/mol. The van der Waals surface area contributed by atoms with Gasteiger partial charge in [-0.25, -0.2) is 4.39 Å². The van der Waals surface area contributed by atoms with Gasteiger partial charge in [0.2, 0.25) is 0 Å². The maximum Gasteiger partial charge on any atom is 0.256 e. The molecule has 0 bridgehead atoms. The first kappa shape index (κ1) is 18.5. The number of carbonyl (C=O) groups excluding carboxylic acids is 1. The van der Waals surface area contributed by atoms with E-state index in [1.54, 1.807) is 17.0 Å². The third-order valence-corrected chi connectivity index (χ3v) is 4.99. The molecule has 1 N–H and O–H groups in total. The lowest BCUT2D eigenvalue weighted by Crippen LogP contribution is -2.49. The third kappa shape index (κ3) is 4.11. The number of halogens is 1. The molecule has 1 fully saturated rings. The van der Waals surface area contributed by atoms with Gasteiger partial charge in [-0.1, -0.05) is 35.9 Å². The zero-order valence-electron chi connectivity index (χ0n) is 15.3. The van der Waals surface area contributed by atoms with Crippen LogP contribution in [0.3, 0.4) is 0 Å². The Labute approximate surface area is 153 Å². The summed E-state index contributed by atoms with van der Waals surface area (Å²) < 4.78 is 13.8. The smallest absolute Gasteiger partial charge is 0.256 e. The van der Waals surface area contributed by atoms with E-state index >= 15 is 0 Å². The van der Waals surface area contributed by atoms with E-state index in [1.165, 1.54) is 12.1 Å². The van der Waals surface area contributed by atoms with Crippen LogP contribution in [0.15, 0.2) is 42.5 Å². The second kappa shape index (κ2) is 7.98. The summed E-state index contributed by atoms with van der Waals surface area (Å²) in [4.78, 5) is 16.3. The second-order valence-corrected chi connectivity index (χ2v) is 6.95. The lowest BCUT2D eigenvalue weighted by molar-refractivity contribution is 0.0523. The summed E-state index contributed by atoms with van der Waals surface area (Å²) in [5, 5.41) is 10.6. The highest BCUT2D eigenvalue weighted by molar-refractivity contribution is 5.94. The molecule has 1 amide bonds. The van der Waals surface area contributed by atoms with E-state index < -0.39 is 11.9 Å². The molecular weight excluding hydrogens is 331 g/mol. The number of amides is 1. The molecule has 5 heteroatoms. The van der Waals surface area contributed by atoms with Crippen molar-refractivity contribution in [2.45, 2.75) is 20.0 Å². The molecular formula is C21H25FN2O2. The number of piperazine rings is 1. The van der Waals surface area contributed by atoms with Crippen molar-refractivity contribution in [2.24, 2.45) is 0 Å². The maximum absolute atomic E-state index is 13.8. The largest absolute Gasteiger partial charge is 0.387 e. The average molecular weight is 356 g/mol. The standard InChI is InChI=1S/C21H25FN2O2/c1-15-7-8-16(2)18(13-15)20(25)14-23-9-11-24(12-10-23)21(26)17-5-3-4-6-19(17)22/h3-8,13,20,25H,9-12,14H2,1-2H3/t20-/m0/s1. The molecule has 0 spiro atoms. The van der Waals surface area contributed by atoms with Crippen molar-refractivity contribution < 1.29 is 14.3 Å². The molecule has 0 aromatic heterocycles. The SMILES string of the molecule is Cc1ccc(C)c([C@@H](O)CN2CCN(C(=O)c3ccccc3F)CC2)c1. The summed E-state index contributed by atoms with van der Waals surface area (Å²) >= 11 is 0. The van der Waals surface area contributed by atoms with Crippen LogP contribution in [0.25, 0.3) is 0 Å². The van der Waals surface area contributed by atoms with E-state index in [0.29, 0.717) is 32.7 Å². The van der Waals surface area contributed by atoms with Gasteiger partial charge in [0.1, 0.15) is 5.82 Å². The van der Waals surface area contributed by atoms with Crippen LogP contribution < -0.4 is 0 Å². The molecule has 0 aliphatic carbocycles. The molecule has 2 aromatic rings. The fourth-order valence-electron chi connectivity index (χ4n) is 3.40. The minimum absolute atomic E-state index is 0.122. The van der Waals surface area contributed by atoms with Crippen LogP contribution in [-0.2, 0) is 0 Å². The fraction of sp³-hybridized carbons (Fsp3) is 0.381. The quantitative estimate of drug-likeness (QED) is 0.916. The lowest BCUT2D eigenvalue weighted by Gasteiger charge is -2.36. The minimum Gasteiger partial charge on any atom is -0.387 e. The fourth-order valence-corrected chi connectivity index (χ4v) is 3.40. The van der Waals surface area contributed by atoms with E-state index in [4.69, 9.17) is 0 Å². The number of benzene rings is 2. The number of aryl methyl sites for hydroxylation is 2. The van der Waals surface area contributed by atoms with Crippen molar-refractivity contribution in [3.8, 4) is 0 Å². The van der Waals surface area contributed by atoms with Crippen LogP contribution in [0.4, 0.5) is 4.39 Å². The molecule has 0 saturated carbocycles. The van der Waals surface area contributed by atoms with Crippen LogP contribution in [0.1, 0.15) is 33.2 Å². The number of aliphatic hydroxyl groups excluding tert-OH is 1. The molecule has 1 saturated heterocycles. The molecule has 1 aliphatic heterocycles. The molecule has 1 heterocycles. The van der Waals surface area contributed by atoms with Gasteiger partial charge in [0.05, 0.1) is 11.7 Å². The molecule has 26 heavy (non-hydrogen) atoms. The molecule has 138 valence electrons. The van der Waals surface area contributed by atoms with E-state index in [9.17, 15) is 14.3 Å². The topological polar surface area (TPSA) is 43.8 Å². The molecule has 1 atom stereocenters.